The highest BCUT2D eigenvalue weighted by molar-refractivity contribution is 6.12. The molecule has 0 amide bonds. The molecule has 0 bridgehead atoms. The highest BCUT2D eigenvalue weighted by Gasteiger charge is 2.23. The third kappa shape index (κ3) is 3.60. The number of carbonyl (C=O) groups excluding carboxylic acids is 1. The number of esters is 1. The van der Waals surface area contributed by atoms with E-state index >= 15 is 0 Å². The Kier molecular flexibility index (Phi) is 4.57. The lowest BCUT2D eigenvalue weighted by molar-refractivity contribution is -0.129. The van der Waals surface area contributed by atoms with Crippen LogP contribution in [0.3, 0.4) is 0 Å². The second kappa shape index (κ2) is 6.96. The molecule has 0 spiro atoms. The summed E-state index contributed by atoms with van der Waals surface area (Å²) in [5.74, 6) is 0.629. The molecule has 0 N–H and O–H groups in total. The SMILES string of the molecule is C=CCOc1ccc(C=C2N=C(c3ccc(C)cc3)OC2=O)cc1. The molecule has 0 saturated carbocycles. The van der Waals surface area contributed by atoms with E-state index < -0.39 is 5.97 Å². The molecule has 4 nitrogen and oxygen atoms in total. The molecule has 24 heavy (non-hydrogen) atoms. The van der Waals surface area contributed by atoms with Gasteiger partial charge in [-0.1, -0.05) is 42.5 Å². The van der Waals surface area contributed by atoms with E-state index in [1.165, 1.54) is 0 Å². The van der Waals surface area contributed by atoms with Gasteiger partial charge >= 0.3 is 5.97 Å². The Hall–Kier alpha value is -3.14. The third-order valence-corrected chi connectivity index (χ3v) is 3.47. The second-order valence-electron chi connectivity index (χ2n) is 5.37. The molecule has 0 aromatic heterocycles. The average Bonchev–Trinajstić information content (AvgIpc) is 2.95. The highest BCUT2D eigenvalue weighted by atomic mass is 16.6. The lowest BCUT2D eigenvalue weighted by Gasteiger charge is -2.02. The normalized spacial score (nSPS) is 15.1. The summed E-state index contributed by atoms with van der Waals surface area (Å²) in [5, 5.41) is 0. The zero-order valence-corrected chi connectivity index (χ0v) is 13.4. The fourth-order valence-corrected chi connectivity index (χ4v) is 2.20. The van der Waals surface area contributed by atoms with Crippen LogP contribution in [0.15, 0.2) is 71.9 Å². The first-order valence-corrected chi connectivity index (χ1v) is 7.59. The number of nitrogens with zero attached hydrogens (tertiary/aromatic N) is 1. The highest BCUT2D eigenvalue weighted by Crippen LogP contribution is 2.20. The predicted molar refractivity (Wildman–Crippen MR) is 93.9 cm³/mol. The fourth-order valence-electron chi connectivity index (χ4n) is 2.20. The van der Waals surface area contributed by atoms with Gasteiger partial charge in [0.25, 0.3) is 0 Å². The number of hydrogen-bond donors (Lipinski definition) is 0. The maximum Gasteiger partial charge on any atom is 0.363 e. The standard InChI is InChI=1S/C20H17NO3/c1-3-12-23-17-10-6-15(7-11-17)13-18-20(22)24-19(21-18)16-8-4-14(2)5-9-16/h3-11,13H,1,12H2,2H3. The van der Waals surface area contributed by atoms with Crippen LogP contribution in [0.4, 0.5) is 0 Å². The van der Waals surface area contributed by atoms with E-state index in [0.29, 0.717) is 12.5 Å². The van der Waals surface area contributed by atoms with Crippen molar-refractivity contribution in [1.82, 2.24) is 0 Å². The third-order valence-electron chi connectivity index (χ3n) is 3.47. The van der Waals surface area contributed by atoms with Crippen LogP contribution in [0.25, 0.3) is 6.08 Å². The molecule has 3 rings (SSSR count). The molecule has 0 aliphatic carbocycles. The molecule has 4 heteroatoms. The molecule has 1 heterocycles. The maximum absolute atomic E-state index is 12.0. The number of hydrogen-bond acceptors (Lipinski definition) is 4. The van der Waals surface area contributed by atoms with E-state index in [9.17, 15) is 4.79 Å². The van der Waals surface area contributed by atoms with E-state index in [-0.39, 0.29) is 5.70 Å². The van der Waals surface area contributed by atoms with Crippen LogP contribution in [0, 0.1) is 6.92 Å². The first-order chi connectivity index (χ1) is 11.7. The van der Waals surface area contributed by atoms with E-state index in [1.54, 1.807) is 12.2 Å². The van der Waals surface area contributed by atoms with Crippen molar-refractivity contribution in [3.63, 3.8) is 0 Å². The quantitative estimate of drug-likeness (QED) is 0.477. The van der Waals surface area contributed by atoms with Gasteiger partial charge in [-0.3, -0.25) is 0 Å². The molecular weight excluding hydrogens is 302 g/mol. The minimum atomic E-state index is -0.447. The summed E-state index contributed by atoms with van der Waals surface area (Å²) in [6.45, 7) is 6.06. The van der Waals surface area contributed by atoms with Crippen LogP contribution in [0.1, 0.15) is 16.7 Å². The zero-order chi connectivity index (χ0) is 16.9. The first-order valence-electron chi connectivity index (χ1n) is 7.59. The molecule has 0 fully saturated rings. The van der Waals surface area contributed by atoms with E-state index in [1.807, 2.05) is 55.5 Å². The summed E-state index contributed by atoms with van der Waals surface area (Å²) in [7, 11) is 0. The number of rotatable bonds is 5. The van der Waals surface area contributed by atoms with E-state index in [4.69, 9.17) is 9.47 Å². The van der Waals surface area contributed by atoms with Crippen molar-refractivity contribution in [3.05, 3.63) is 83.6 Å². The van der Waals surface area contributed by atoms with Gasteiger partial charge in [0.2, 0.25) is 5.90 Å². The van der Waals surface area contributed by atoms with Crippen LogP contribution in [0.2, 0.25) is 0 Å². The summed E-state index contributed by atoms with van der Waals surface area (Å²) in [5.41, 5.74) is 3.05. The van der Waals surface area contributed by atoms with Gasteiger partial charge in [-0.2, -0.15) is 0 Å². The molecule has 0 radical (unpaired) electrons. The zero-order valence-electron chi connectivity index (χ0n) is 13.4. The molecule has 1 aliphatic heterocycles. The van der Waals surface area contributed by atoms with Crippen LogP contribution >= 0.6 is 0 Å². The number of ether oxygens (including phenoxy) is 2. The lowest BCUT2D eigenvalue weighted by Crippen LogP contribution is -2.05. The van der Waals surface area contributed by atoms with Crippen molar-refractivity contribution in [1.29, 1.82) is 0 Å². The fraction of sp³-hybridized carbons (Fsp3) is 0.100. The van der Waals surface area contributed by atoms with Crippen LogP contribution < -0.4 is 4.74 Å². The predicted octanol–water partition coefficient (Wildman–Crippen LogP) is 3.90. The van der Waals surface area contributed by atoms with Gasteiger partial charge in [-0.15, -0.1) is 0 Å². The van der Waals surface area contributed by atoms with Gasteiger partial charge < -0.3 is 9.47 Å². The minimum absolute atomic E-state index is 0.283. The van der Waals surface area contributed by atoms with Crippen molar-refractivity contribution in [2.24, 2.45) is 4.99 Å². The molecule has 0 unspecified atom stereocenters. The summed E-state index contributed by atoms with van der Waals surface area (Å²) >= 11 is 0. The molecule has 0 atom stereocenters. The number of cyclic esters (lactones) is 1. The van der Waals surface area contributed by atoms with Crippen LogP contribution in [-0.4, -0.2) is 18.5 Å². The smallest absolute Gasteiger partial charge is 0.363 e. The first kappa shape index (κ1) is 15.7. The van der Waals surface area contributed by atoms with Gasteiger partial charge in [-0.25, -0.2) is 9.79 Å². The van der Waals surface area contributed by atoms with Gasteiger partial charge in [0, 0.05) is 5.56 Å². The second-order valence-corrected chi connectivity index (χ2v) is 5.37. The van der Waals surface area contributed by atoms with Crippen molar-refractivity contribution >= 4 is 17.9 Å². The number of carbonyl (C=O) groups is 1. The summed E-state index contributed by atoms with van der Waals surface area (Å²) < 4.78 is 10.7. The summed E-state index contributed by atoms with van der Waals surface area (Å²) in [4.78, 5) is 16.3. The van der Waals surface area contributed by atoms with Crippen molar-refractivity contribution in [2.75, 3.05) is 6.61 Å². The van der Waals surface area contributed by atoms with Gasteiger partial charge in [0.1, 0.15) is 12.4 Å². The van der Waals surface area contributed by atoms with E-state index in [0.717, 1.165) is 22.4 Å². The monoisotopic (exact) mass is 319 g/mol. The van der Waals surface area contributed by atoms with Gasteiger partial charge in [-0.05, 0) is 42.8 Å². The Morgan fingerprint density at radius 2 is 1.83 bits per heavy atom. The number of benzene rings is 2. The Morgan fingerprint density at radius 1 is 1.12 bits per heavy atom. The molecule has 0 saturated heterocycles. The minimum Gasteiger partial charge on any atom is -0.490 e. The largest absolute Gasteiger partial charge is 0.490 e. The van der Waals surface area contributed by atoms with Gasteiger partial charge in [0.05, 0.1) is 0 Å². The Balaban J connectivity index is 1.80. The van der Waals surface area contributed by atoms with Crippen LogP contribution in [0.5, 0.6) is 5.75 Å². The van der Waals surface area contributed by atoms with Crippen molar-refractivity contribution in [3.8, 4) is 5.75 Å². The molecular formula is C20H17NO3. The molecule has 120 valence electrons. The van der Waals surface area contributed by atoms with Crippen molar-refractivity contribution in [2.45, 2.75) is 6.92 Å². The molecule has 2 aromatic rings. The van der Waals surface area contributed by atoms with E-state index in [2.05, 4.69) is 11.6 Å². The lowest BCUT2D eigenvalue weighted by atomic mass is 10.1. The average molecular weight is 319 g/mol. The molecule has 2 aromatic carbocycles. The Labute approximate surface area is 140 Å². The summed E-state index contributed by atoms with van der Waals surface area (Å²) in [6.07, 6.45) is 3.38. The summed E-state index contributed by atoms with van der Waals surface area (Å²) in [6, 6.07) is 15.1. The van der Waals surface area contributed by atoms with Gasteiger partial charge in [0.15, 0.2) is 5.70 Å². The number of aryl methyl sites for hydroxylation is 1. The van der Waals surface area contributed by atoms with Crippen LogP contribution in [-0.2, 0) is 9.53 Å². The molecule has 1 aliphatic rings. The topological polar surface area (TPSA) is 47.9 Å². The van der Waals surface area contributed by atoms with Crippen molar-refractivity contribution < 1.29 is 14.3 Å². The Morgan fingerprint density at radius 3 is 2.50 bits per heavy atom. The maximum atomic E-state index is 12.0. The Bertz CT molecular complexity index is 815. The number of aliphatic imine (C=N–C) groups is 1.